The van der Waals surface area contributed by atoms with E-state index in [-0.39, 0.29) is 12.7 Å². The molecule has 5 heteroatoms. The second-order valence-corrected chi connectivity index (χ2v) is 5.95. The highest BCUT2D eigenvalue weighted by Crippen LogP contribution is 2.17. The van der Waals surface area contributed by atoms with Gasteiger partial charge in [0, 0.05) is 26.7 Å². The number of rotatable bonds is 6. The predicted octanol–water partition coefficient (Wildman–Crippen LogP) is 1.96. The first-order valence-electron chi connectivity index (χ1n) is 7.94. The number of hydrogen-bond donors (Lipinski definition) is 1. The van der Waals surface area contributed by atoms with Crippen LogP contribution in [-0.2, 0) is 11.3 Å². The van der Waals surface area contributed by atoms with E-state index < -0.39 is 0 Å². The van der Waals surface area contributed by atoms with E-state index in [1.54, 1.807) is 11.9 Å². The van der Waals surface area contributed by atoms with Gasteiger partial charge in [-0.05, 0) is 30.9 Å². The number of nitrogens with zero attached hydrogens (tertiary/aromatic N) is 2. The molecule has 1 heterocycles. The third kappa shape index (κ3) is 5.31. The van der Waals surface area contributed by atoms with Crippen LogP contribution in [0.1, 0.15) is 18.4 Å². The fraction of sp³-hybridized carbons (Fsp3) is 0.588. The zero-order chi connectivity index (χ0) is 15.8. The number of aliphatic hydroxyl groups is 1. The van der Waals surface area contributed by atoms with Crippen molar-refractivity contribution in [2.45, 2.75) is 19.4 Å². The minimum Gasteiger partial charge on any atom is -0.445 e. The van der Waals surface area contributed by atoms with Crippen LogP contribution in [0.25, 0.3) is 0 Å². The van der Waals surface area contributed by atoms with Crippen LogP contribution in [-0.4, -0.2) is 60.8 Å². The first-order chi connectivity index (χ1) is 10.7. The van der Waals surface area contributed by atoms with Crippen molar-refractivity contribution in [3.8, 4) is 0 Å². The summed E-state index contributed by atoms with van der Waals surface area (Å²) in [6.45, 7) is 3.91. The maximum atomic E-state index is 12.0. The van der Waals surface area contributed by atoms with Crippen LogP contribution in [0.5, 0.6) is 0 Å². The molecule has 0 unspecified atom stereocenters. The van der Waals surface area contributed by atoms with Crippen LogP contribution >= 0.6 is 0 Å². The van der Waals surface area contributed by atoms with Crippen LogP contribution < -0.4 is 0 Å². The fourth-order valence-corrected chi connectivity index (χ4v) is 2.94. The zero-order valence-electron chi connectivity index (χ0n) is 13.3. The number of carbonyl (C=O) groups excluding carboxylic acids is 1. The molecular formula is C17H26N2O3. The Morgan fingerprint density at radius 1 is 1.41 bits per heavy atom. The maximum Gasteiger partial charge on any atom is 0.409 e. The van der Waals surface area contributed by atoms with Crippen molar-refractivity contribution in [2.75, 3.05) is 39.8 Å². The standard InChI is InChI=1S/C17H26N2O3/c1-18(12-16-8-5-9-19(13-16)10-11-20)17(21)22-14-15-6-3-2-4-7-15/h2-4,6-7,16,20H,5,8-14H2,1H3/t16-/m0/s1. The molecule has 0 aromatic heterocycles. The number of aliphatic hydroxyl groups excluding tert-OH is 1. The van der Waals surface area contributed by atoms with Crippen molar-refractivity contribution in [1.82, 2.24) is 9.80 Å². The highest BCUT2D eigenvalue weighted by atomic mass is 16.6. The number of carbonyl (C=O) groups is 1. The van der Waals surface area contributed by atoms with Gasteiger partial charge >= 0.3 is 6.09 Å². The van der Waals surface area contributed by atoms with Crippen molar-refractivity contribution in [1.29, 1.82) is 0 Å². The third-order valence-electron chi connectivity index (χ3n) is 4.07. The summed E-state index contributed by atoms with van der Waals surface area (Å²) in [4.78, 5) is 16.0. The molecule has 1 aliphatic heterocycles. The number of ether oxygens (including phenoxy) is 1. The average molecular weight is 306 g/mol. The minimum atomic E-state index is -0.275. The lowest BCUT2D eigenvalue weighted by atomic mass is 9.97. The fourth-order valence-electron chi connectivity index (χ4n) is 2.94. The van der Waals surface area contributed by atoms with Crippen molar-refractivity contribution in [3.05, 3.63) is 35.9 Å². The Labute approximate surface area is 132 Å². The molecule has 122 valence electrons. The van der Waals surface area contributed by atoms with E-state index in [0.717, 1.165) is 38.0 Å². The van der Waals surface area contributed by atoms with Gasteiger partial charge in [0.2, 0.25) is 0 Å². The van der Waals surface area contributed by atoms with Crippen molar-refractivity contribution in [3.63, 3.8) is 0 Å². The average Bonchev–Trinajstić information content (AvgIpc) is 2.54. The second kappa shape index (κ2) is 8.76. The molecule has 22 heavy (non-hydrogen) atoms. The van der Waals surface area contributed by atoms with Crippen LogP contribution in [0.4, 0.5) is 4.79 Å². The first-order valence-corrected chi connectivity index (χ1v) is 7.94. The Balaban J connectivity index is 1.73. The first kappa shape index (κ1) is 16.8. The van der Waals surface area contributed by atoms with Gasteiger partial charge in [0.05, 0.1) is 6.61 Å². The Bertz CT molecular complexity index is 450. The van der Waals surface area contributed by atoms with Crippen molar-refractivity contribution in [2.24, 2.45) is 5.92 Å². The highest BCUT2D eigenvalue weighted by Gasteiger charge is 2.22. The van der Waals surface area contributed by atoms with E-state index in [9.17, 15) is 4.79 Å². The molecule has 0 saturated carbocycles. The number of piperidine rings is 1. The number of benzene rings is 1. The molecule has 0 radical (unpaired) electrons. The topological polar surface area (TPSA) is 53.0 Å². The van der Waals surface area contributed by atoms with E-state index >= 15 is 0 Å². The van der Waals surface area contributed by atoms with Gasteiger partial charge in [0.25, 0.3) is 0 Å². The summed E-state index contributed by atoms with van der Waals surface area (Å²) < 4.78 is 5.34. The summed E-state index contributed by atoms with van der Waals surface area (Å²) >= 11 is 0. The maximum absolute atomic E-state index is 12.0. The van der Waals surface area contributed by atoms with Gasteiger partial charge in [-0.3, -0.25) is 0 Å². The number of β-amino-alcohol motifs (C(OH)–C–C–N with tert-alkyl or cyclic N) is 1. The normalized spacial score (nSPS) is 18.9. The smallest absolute Gasteiger partial charge is 0.409 e. The third-order valence-corrected chi connectivity index (χ3v) is 4.07. The molecule has 1 aromatic carbocycles. The molecule has 5 nitrogen and oxygen atoms in total. The Kier molecular flexibility index (Phi) is 6.68. The molecule has 1 aliphatic rings. The SMILES string of the molecule is CN(C[C@@H]1CCCN(CCO)C1)C(=O)OCc1ccccc1. The largest absolute Gasteiger partial charge is 0.445 e. The van der Waals surface area contributed by atoms with Crippen LogP contribution in [0.3, 0.4) is 0 Å². The van der Waals surface area contributed by atoms with Gasteiger partial charge in [-0.1, -0.05) is 30.3 Å². The number of hydrogen-bond acceptors (Lipinski definition) is 4. The summed E-state index contributed by atoms with van der Waals surface area (Å²) in [6, 6.07) is 9.70. The van der Waals surface area contributed by atoms with Gasteiger partial charge in [-0.15, -0.1) is 0 Å². The zero-order valence-corrected chi connectivity index (χ0v) is 13.3. The molecule has 1 fully saturated rings. The molecule has 2 rings (SSSR count). The number of amides is 1. The van der Waals surface area contributed by atoms with E-state index in [1.165, 1.54) is 0 Å². The van der Waals surface area contributed by atoms with Gasteiger partial charge in [0.1, 0.15) is 6.61 Å². The van der Waals surface area contributed by atoms with E-state index in [0.29, 0.717) is 19.1 Å². The van der Waals surface area contributed by atoms with Crippen LogP contribution in [0, 0.1) is 5.92 Å². The Morgan fingerprint density at radius 2 is 2.18 bits per heavy atom. The lowest BCUT2D eigenvalue weighted by Gasteiger charge is -2.34. The van der Waals surface area contributed by atoms with Gasteiger partial charge < -0.3 is 19.6 Å². The second-order valence-electron chi connectivity index (χ2n) is 5.95. The molecule has 1 N–H and O–H groups in total. The molecule has 1 amide bonds. The van der Waals surface area contributed by atoms with Gasteiger partial charge in [-0.25, -0.2) is 4.79 Å². The number of likely N-dealkylation sites (tertiary alicyclic amines) is 1. The van der Waals surface area contributed by atoms with Crippen molar-refractivity contribution < 1.29 is 14.6 Å². The molecule has 0 bridgehead atoms. The Morgan fingerprint density at radius 3 is 2.91 bits per heavy atom. The minimum absolute atomic E-state index is 0.196. The van der Waals surface area contributed by atoms with E-state index in [1.807, 2.05) is 30.3 Å². The van der Waals surface area contributed by atoms with Gasteiger partial charge in [0.15, 0.2) is 0 Å². The highest BCUT2D eigenvalue weighted by molar-refractivity contribution is 5.67. The monoisotopic (exact) mass is 306 g/mol. The molecule has 1 atom stereocenters. The Hall–Kier alpha value is -1.59. The van der Waals surface area contributed by atoms with E-state index in [2.05, 4.69) is 4.90 Å². The molecule has 1 aromatic rings. The van der Waals surface area contributed by atoms with E-state index in [4.69, 9.17) is 9.84 Å². The van der Waals surface area contributed by atoms with Crippen LogP contribution in [0.15, 0.2) is 30.3 Å². The predicted molar refractivity (Wildman–Crippen MR) is 85.5 cm³/mol. The summed E-state index contributed by atoms with van der Waals surface area (Å²) in [5.41, 5.74) is 0.996. The molecular weight excluding hydrogens is 280 g/mol. The summed E-state index contributed by atoms with van der Waals surface area (Å²) in [6.07, 6.45) is 1.97. The molecule has 0 spiro atoms. The lowest BCUT2D eigenvalue weighted by molar-refractivity contribution is 0.0848. The van der Waals surface area contributed by atoms with Gasteiger partial charge in [-0.2, -0.15) is 0 Å². The lowest BCUT2D eigenvalue weighted by Crippen LogP contribution is -2.42. The summed E-state index contributed by atoms with van der Waals surface area (Å²) in [5.74, 6) is 0.453. The summed E-state index contributed by atoms with van der Waals surface area (Å²) in [7, 11) is 1.79. The molecule has 0 aliphatic carbocycles. The summed E-state index contributed by atoms with van der Waals surface area (Å²) in [5, 5.41) is 9.03. The molecule has 1 saturated heterocycles. The quantitative estimate of drug-likeness (QED) is 0.873. The van der Waals surface area contributed by atoms with Crippen LogP contribution in [0.2, 0.25) is 0 Å². The van der Waals surface area contributed by atoms with Crippen molar-refractivity contribution >= 4 is 6.09 Å².